The summed E-state index contributed by atoms with van der Waals surface area (Å²) in [7, 11) is 0. The van der Waals surface area contributed by atoms with Gasteiger partial charge in [-0.05, 0) is 34.0 Å². The van der Waals surface area contributed by atoms with Crippen LogP contribution in [0.5, 0.6) is 0 Å². The quantitative estimate of drug-likeness (QED) is 0.935. The van der Waals surface area contributed by atoms with Crippen molar-refractivity contribution < 1.29 is 9.90 Å². The highest BCUT2D eigenvalue weighted by Gasteiger charge is 2.22. The van der Waals surface area contributed by atoms with Crippen LogP contribution < -0.4 is 0 Å². The lowest BCUT2D eigenvalue weighted by Gasteiger charge is -2.17. The highest BCUT2D eigenvalue weighted by molar-refractivity contribution is 5.68. The minimum atomic E-state index is -0.790. The molecule has 0 radical (unpaired) electrons. The second-order valence-electron chi connectivity index (χ2n) is 6.25. The fourth-order valence-corrected chi connectivity index (χ4v) is 2.15. The molecule has 1 aromatic carbocycles. The summed E-state index contributed by atoms with van der Waals surface area (Å²) in [4.78, 5) is 10.8. The van der Waals surface area contributed by atoms with Crippen LogP contribution in [0.25, 0.3) is 5.69 Å². The van der Waals surface area contributed by atoms with Crippen LogP contribution >= 0.6 is 0 Å². The number of nitrogens with zero attached hydrogens (tertiary/aromatic N) is 4. The molecule has 1 unspecified atom stereocenters. The van der Waals surface area contributed by atoms with Crippen LogP contribution in [-0.2, 0) is 10.2 Å². The third kappa shape index (κ3) is 3.45. The van der Waals surface area contributed by atoms with E-state index in [0.29, 0.717) is 0 Å². The summed E-state index contributed by atoms with van der Waals surface area (Å²) in [6, 6.07) is 7.69. The third-order valence-corrected chi connectivity index (χ3v) is 3.33. The molecule has 0 aliphatic rings. The van der Waals surface area contributed by atoms with Gasteiger partial charge in [-0.1, -0.05) is 39.8 Å². The zero-order chi connectivity index (χ0) is 15.6. The van der Waals surface area contributed by atoms with E-state index in [9.17, 15) is 4.79 Å². The summed E-state index contributed by atoms with van der Waals surface area (Å²) in [5.74, 6) is -0.0246. The molecule has 2 rings (SSSR count). The van der Waals surface area contributed by atoms with Gasteiger partial charge in [-0.25, -0.2) is 0 Å². The molecule has 0 aliphatic heterocycles. The Hall–Kier alpha value is -2.24. The maximum atomic E-state index is 10.8. The first-order valence-corrected chi connectivity index (χ1v) is 6.90. The Bertz CT molecular complexity index is 626. The van der Waals surface area contributed by atoms with Gasteiger partial charge in [0.15, 0.2) is 5.82 Å². The van der Waals surface area contributed by atoms with E-state index in [-0.39, 0.29) is 17.8 Å². The number of tetrazole rings is 1. The second-order valence-corrected chi connectivity index (χ2v) is 6.25. The predicted molar refractivity (Wildman–Crippen MR) is 78.5 cm³/mol. The van der Waals surface area contributed by atoms with Crippen molar-refractivity contribution in [3.05, 3.63) is 35.7 Å². The lowest BCUT2D eigenvalue weighted by atomic mass is 9.95. The first kappa shape index (κ1) is 15.2. The molecule has 0 saturated carbocycles. The molecule has 2 aromatic rings. The molecule has 0 amide bonds. The molecule has 1 heterocycles. The molecular formula is C15H20N4O2. The molecule has 1 N–H and O–H groups in total. The van der Waals surface area contributed by atoms with Crippen LogP contribution in [0, 0.1) is 0 Å². The summed E-state index contributed by atoms with van der Waals surface area (Å²) in [6.07, 6.45) is 0.122. The molecule has 0 bridgehead atoms. The van der Waals surface area contributed by atoms with E-state index in [2.05, 4.69) is 36.3 Å². The second kappa shape index (κ2) is 5.63. The molecule has 0 saturated heterocycles. The Morgan fingerprint density at radius 3 is 2.43 bits per heavy atom. The van der Waals surface area contributed by atoms with Crippen molar-refractivity contribution >= 4 is 5.97 Å². The lowest BCUT2D eigenvalue weighted by Crippen LogP contribution is -2.18. The highest BCUT2D eigenvalue weighted by atomic mass is 16.4. The summed E-state index contributed by atoms with van der Waals surface area (Å²) < 4.78 is 1.71. The van der Waals surface area contributed by atoms with Gasteiger partial charge in [-0.3, -0.25) is 4.79 Å². The Balaban J connectivity index is 2.28. The summed E-state index contributed by atoms with van der Waals surface area (Å²) >= 11 is 0. The van der Waals surface area contributed by atoms with Gasteiger partial charge in [0.2, 0.25) is 0 Å². The molecule has 6 heteroatoms. The van der Waals surface area contributed by atoms with Crippen molar-refractivity contribution in [2.45, 2.75) is 45.4 Å². The van der Waals surface area contributed by atoms with Crippen LogP contribution in [0.3, 0.4) is 0 Å². The van der Waals surface area contributed by atoms with Gasteiger partial charge in [0, 0.05) is 5.41 Å². The summed E-state index contributed by atoms with van der Waals surface area (Å²) in [5, 5.41) is 20.7. The van der Waals surface area contributed by atoms with Gasteiger partial charge in [0.25, 0.3) is 0 Å². The van der Waals surface area contributed by atoms with Gasteiger partial charge in [-0.2, -0.15) is 4.68 Å². The zero-order valence-electron chi connectivity index (χ0n) is 12.7. The monoisotopic (exact) mass is 288 g/mol. The topological polar surface area (TPSA) is 80.9 Å². The molecule has 1 aromatic heterocycles. The molecular weight excluding hydrogens is 268 g/mol. The number of carbonyl (C=O) groups is 1. The van der Waals surface area contributed by atoms with E-state index < -0.39 is 5.97 Å². The van der Waals surface area contributed by atoms with Crippen molar-refractivity contribution in [1.29, 1.82) is 0 Å². The van der Waals surface area contributed by atoms with Gasteiger partial charge in [0.05, 0.1) is 12.1 Å². The van der Waals surface area contributed by atoms with Crippen LogP contribution in [0.4, 0.5) is 0 Å². The minimum Gasteiger partial charge on any atom is -0.481 e. The smallest absolute Gasteiger partial charge is 0.303 e. The standard InChI is InChI=1S/C15H20N4O2/c1-10(9-13(20)21)11-5-7-12(8-6-11)19-14(15(2,3)4)16-17-18-19/h5-8,10H,9H2,1-4H3,(H,20,21). The van der Waals surface area contributed by atoms with Crippen LogP contribution in [0.1, 0.15) is 51.4 Å². The van der Waals surface area contributed by atoms with E-state index in [0.717, 1.165) is 17.1 Å². The van der Waals surface area contributed by atoms with E-state index in [1.54, 1.807) is 4.68 Å². The number of carboxylic acid groups (broad SMARTS) is 1. The number of carboxylic acids is 1. The number of benzene rings is 1. The van der Waals surface area contributed by atoms with Crippen molar-refractivity contribution in [2.75, 3.05) is 0 Å². The third-order valence-electron chi connectivity index (χ3n) is 3.33. The first-order valence-electron chi connectivity index (χ1n) is 6.90. The maximum Gasteiger partial charge on any atom is 0.303 e. The van der Waals surface area contributed by atoms with Crippen LogP contribution in [-0.4, -0.2) is 31.3 Å². The van der Waals surface area contributed by atoms with Crippen molar-refractivity contribution in [3.63, 3.8) is 0 Å². The Kier molecular flexibility index (Phi) is 4.06. The van der Waals surface area contributed by atoms with E-state index >= 15 is 0 Å². The average molecular weight is 288 g/mol. The number of aliphatic carboxylic acids is 1. The Morgan fingerprint density at radius 1 is 1.29 bits per heavy atom. The number of rotatable bonds is 4. The molecule has 6 nitrogen and oxygen atoms in total. The van der Waals surface area contributed by atoms with Crippen molar-refractivity contribution in [3.8, 4) is 5.69 Å². The molecule has 112 valence electrons. The summed E-state index contributed by atoms with van der Waals surface area (Å²) in [5.41, 5.74) is 1.71. The average Bonchev–Trinajstić information content (AvgIpc) is 2.87. The SMILES string of the molecule is CC(CC(=O)O)c1ccc(-n2nnnc2C(C)(C)C)cc1. The van der Waals surface area contributed by atoms with Gasteiger partial charge < -0.3 is 5.11 Å². The van der Waals surface area contributed by atoms with Gasteiger partial charge >= 0.3 is 5.97 Å². The first-order chi connectivity index (χ1) is 9.79. The predicted octanol–water partition coefficient (Wildman–Crippen LogP) is 2.54. The largest absolute Gasteiger partial charge is 0.481 e. The zero-order valence-corrected chi connectivity index (χ0v) is 12.7. The van der Waals surface area contributed by atoms with E-state index in [4.69, 9.17) is 5.11 Å². The molecule has 1 atom stereocenters. The fraction of sp³-hybridized carbons (Fsp3) is 0.467. The molecule has 0 aliphatic carbocycles. The fourth-order valence-electron chi connectivity index (χ4n) is 2.15. The molecule has 0 fully saturated rings. The highest BCUT2D eigenvalue weighted by Crippen LogP contribution is 2.24. The van der Waals surface area contributed by atoms with Crippen molar-refractivity contribution in [2.24, 2.45) is 0 Å². The Labute approximate surface area is 123 Å². The van der Waals surface area contributed by atoms with E-state index in [1.165, 1.54) is 0 Å². The molecule has 0 spiro atoms. The normalized spacial score (nSPS) is 13.1. The maximum absolute atomic E-state index is 10.8. The van der Waals surface area contributed by atoms with Gasteiger partial charge in [-0.15, -0.1) is 5.10 Å². The minimum absolute atomic E-state index is 0.0208. The van der Waals surface area contributed by atoms with Crippen molar-refractivity contribution in [1.82, 2.24) is 20.2 Å². The van der Waals surface area contributed by atoms with E-state index in [1.807, 2.05) is 31.2 Å². The molecule has 21 heavy (non-hydrogen) atoms. The number of hydrogen-bond acceptors (Lipinski definition) is 4. The Morgan fingerprint density at radius 2 is 1.90 bits per heavy atom. The van der Waals surface area contributed by atoms with Crippen LogP contribution in [0.2, 0.25) is 0 Å². The lowest BCUT2D eigenvalue weighted by molar-refractivity contribution is -0.137. The number of aromatic nitrogens is 4. The van der Waals surface area contributed by atoms with Gasteiger partial charge in [0.1, 0.15) is 0 Å². The number of hydrogen-bond donors (Lipinski definition) is 1. The van der Waals surface area contributed by atoms with Crippen LogP contribution in [0.15, 0.2) is 24.3 Å². The summed E-state index contributed by atoms with van der Waals surface area (Å²) in [6.45, 7) is 8.07.